The second-order valence-electron chi connectivity index (χ2n) is 5.34. The first kappa shape index (κ1) is 16.2. The highest BCUT2D eigenvalue weighted by Crippen LogP contribution is 2.28. The van der Waals surface area contributed by atoms with E-state index >= 15 is 0 Å². The number of carbonyl (C=O) groups is 1. The molecule has 2 rings (SSSR count). The molecule has 0 saturated carbocycles. The number of nitro groups is 1. The summed E-state index contributed by atoms with van der Waals surface area (Å²) in [5.74, 6) is -0.548. The highest BCUT2D eigenvalue weighted by Gasteiger charge is 2.27. The molecular weight excluding hydrogens is 288 g/mol. The number of nitrogens with zero attached hydrogens (tertiary/aromatic N) is 2. The van der Waals surface area contributed by atoms with Crippen LogP contribution < -0.4 is 4.90 Å². The summed E-state index contributed by atoms with van der Waals surface area (Å²) in [6.45, 7) is 7.07. The first-order valence-electron chi connectivity index (χ1n) is 7.28. The molecule has 7 heteroatoms. The van der Waals surface area contributed by atoms with Crippen molar-refractivity contribution in [2.24, 2.45) is 0 Å². The number of esters is 1. The number of carbonyl (C=O) groups excluding carboxylic acids is 1. The lowest BCUT2D eigenvalue weighted by Crippen LogP contribution is -2.46. The van der Waals surface area contributed by atoms with Crippen LogP contribution in [-0.2, 0) is 9.47 Å². The maximum absolute atomic E-state index is 12.1. The molecule has 1 saturated heterocycles. The van der Waals surface area contributed by atoms with Gasteiger partial charge in [0.1, 0.15) is 0 Å². The normalized spacial score (nSPS) is 21.5. The van der Waals surface area contributed by atoms with E-state index < -0.39 is 10.9 Å². The van der Waals surface area contributed by atoms with Gasteiger partial charge < -0.3 is 14.4 Å². The van der Waals surface area contributed by atoms with Crippen molar-refractivity contribution in [1.29, 1.82) is 0 Å². The summed E-state index contributed by atoms with van der Waals surface area (Å²) < 4.78 is 10.7. The van der Waals surface area contributed by atoms with Crippen LogP contribution >= 0.6 is 0 Å². The number of hydrogen-bond donors (Lipinski definition) is 0. The van der Waals surface area contributed by atoms with Gasteiger partial charge in [0.2, 0.25) is 0 Å². The first-order valence-corrected chi connectivity index (χ1v) is 7.28. The third-order valence-corrected chi connectivity index (χ3v) is 3.45. The third-order valence-electron chi connectivity index (χ3n) is 3.45. The minimum Gasteiger partial charge on any atom is -0.462 e. The average molecular weight is 308 g/mol. The number of anilines is 1. The predicted molar refractivity (Wildman–Crippen MR) is 81.3 cm³/mol. The van der Waals surface area contributed by atoms with Crippen LogP contribution in [0.1, 0.15) is 31.1 Å². The molecule has 0 aliphatic carbocycles. The highest BCUT2D eigenvalue weighted by atomic mass is 16.6. The van der Waals surface area contributed by atoms with Crippen LogP contribution in [0.5, 0.6) is 0 Å². The second-order valence-corrected chi connectivity index (χ2v) is 5.34. The van der Waals surface area contributed by atoms with Crippen LogP contribution in [0.4, 0.5) is 11.4 Å². The van der Waals surface area contributed by atoms with E-state index in [-0.39, 0.29) is 30.1 Å². The fourth-order valence-corrected chi connectivity index (χ4v) is 2.66. The number of nitro benzene ring substituents is 1. The fraction of sp³-hybridized carbons (Fsp3) is 0.533. The molecule has 0 amide bonds. The largest absolute Gasteiger partial charge is 0.462 e. The average Bonchev–Trinajstić information content (AvgIpc) is 2.45. The Labute approximate surface area is 129 Å². The van der Waals surface area contributed by atoms with E-state index in [0.717, 1.165) is 0 Å². The summed E-state index contributed by atoms with van der Waals surface area (Å²) in [6, 6.07) is 4.29. The number of morpholine rings is 1. The first-order chi connectivity index (χ1) is 10.4. The van der Waals surface area contributed by atoms with Gasteiger partial charge in [-0.3, -0.25) is 10.1 Å². The quantitative estimate of drug-likeness (QED) is 0.482. The lowest BCUT2D eigenvalue weighted by atomic mass is 10.1. The van der Waals surface area contributed by atoms with Crippen molar-refractivity contribution in [2.45, 2.75) is 33.0 Å². The van der Waals surface area contributed by atoms with E-state index in [1.165, 1.54) is 12.1 Å². The van der Waals surface area contributed by atoms with Crippen molar-refractivity contribution in [3.63, 3.8) is 0 Å². The molecule has 22 heavy (non-hydrogen) atoms. The molecule has 1 fully saturated rings. The van der Waals surface area contributed by atoms with Crippen LogP contribution in [0.3, 0.4) is 0 Å². The minimum absolute atomic E-state index is 0.0222. The second kappa shape index (κ2) is 6.74. The Hall–Kier alpha value is -2.15. The maximum atomic E-state index is 12.1. The zero-order valence-corrected chi connectivity index (χ0v) is 12.9. The molecule has 2 atom stereocenters. The third kappa shape index (κ3) is 3.54. The number of non-ortho nitro benzene ring substituents is 1. The summed E-state index contributed by atoms with van der Waals surface area (Å²) in [5.41, 5.74) is 0.740. The smallest absolute Gasteiger partial charge is 0.340 e. The van der Waals surface area contributed by atoms with Crippen molar-refractivity contribution in [3.8, 4) is 0 Å². The van der Waals surface area contributed by atoms with Crippen LogP contribution in [0.15, 0.2) is 18.2 Å². The topological polar surface area (TPSA) is 81.9 Å². The number of rotatable bonds is 4. The van der Waals surface area contributed by atoms with Crippen molar-refractivity contribution in [1.82, 2.24) is 0 Å². The maximum Gasteiger partial charge on any atom is 0.340 e. The molecule has 1 aliphatic rings. The molecule has 1 heterocycles. The van der Waals surface area contributed by atoms with Gasteiger partial charge in [0.05, 0.1) is 35.0 Å². The lowest BCUT2D eigenvalue weighted by molar-refractivity contribution is -0.384. The van der Waals surface area contributed by atoms with Gasteiger partial charge in [0.25, 0.3) is 5.69 Å². The predicted octanol–water partition coefficient (Wildman–Crippen LogP) is 2.39. The van der Waals surface area contributed by atoms with Crippen molar-refractivity contribution < 1.29 is 19.2 Å². The van der Waals surface area contributed by atoms with Gasteiger partial charge >= 0.3 is 5.97 Å². The Kier molecular flexibility index (Phi) is 4.97. The van der Waals surface area contributed by atoms with Gasteiger partial charge in [-0.2, -0.15) is 0 Å². The highest BCUT2D eigenvalue weighted by molar-refractivity contribution is 5.96. The Balaban J connectivity index is 2.40. The molecule has 0 radical (unpaired) electrons. The molecule has 0 spiro atoms. The molecule has 0 aromatic heterocycles. The standard InChI is InChI=1S/C15H20N2O5/c1-4-21-15(18)13-7-12(17(19)20)5-6-14(13)16-8-10(2)22-11(3)9-16/h5-7,10-11H,4,8-9H2,1-3H3/t10-,11-/m1/s1. The number of benzene rings is 1. The molecule has 1 aromatic rings. The van der Waals surface area contributed by atoms with E-state index in [1.54, 1.807) is 13.0 Å². The minimum atomic E-state index is -0.548. The summed E-state index contributed by atoms with van der Waals surface area (Å²) in [6.07, 6.45) is 0.0444. The van der Waals surface area contributed by atoms with E-state index in [9.17, 15) is 14.9 Å². The Morgan fingerprint density at radius 3 is 2.59 bits per heavy atom. The molecule has 0 N–H and O–H groups in total. The van der Waals surface area contributed by atoms with E-state index in [4.69, 9.17) is 9.47 Å². The van der Waals surface area contributed by atoms with Crippen molar-refractivity contribution in [2.75, 3.05) is 24.6 Å². The van der Waals surface area contributed by atoms with Gasteiger partial charge in [0.15, 0.2) is 0 Å². The van der Waals surface area contributed by atoms with E-state index in [1.807, 2.05) is 18.7 Å². The van der Waals surface area contributed by atoms with Crippen LogP contribution in [0.2, 0.25) is 0 Å². The van der Waals surface area contributed by atoms with Gasteiger partial charge in [-0.15, -0.1) is 0 Å². The van der Waals surface area contributed by atoms with Crippen LogP contribution in [0, 0.1) is 10.1 Å². The molecular formula is C15H20N2O5. The fourth-order valence-electron chi connectivity index (χ4n) is 2.66. The van der Waals surface area contributed by atoms with E-state index in [0.29, 0.717) is 18.8 Å². The summed E-state index contributed by atoms with van der Waals surface area (Å²) >= 11 is 0. The van der Waals surface area contributed by atoms with Gasteiger partial charge in [0, 0.05) is 25.2 Å². The number of hydrogen-bond acceptors (Lipinski definition) is 6. The summed E-state index contributed by atoms with van der Waals surface area (Å²) in [7, 11) is 0. The summed E-state index contributed by atoms with van der Waals surface area (Å²) in [5, 5.41) is 10.9. The molecule has 1 aliphatic heterocycles. The van der Waals surface area contributed by atoms with Gasteiger partial charge in [-0.05, 0) is 26.8 Å². The Morgan fingerprint density at radius 2 is 2.05 bits per heavy atom. The van der Waals surface area contributed by atoms with E-state index in [2.05, 4.69) is 0 Å². The lowest BCUT2D eigenvalue weighted by Gasteiger charge is -2.37. The Bertz CT molecular complexity index is 565. The van der Waals surface area contributed by atoms with Crippen LogP contribution in [0.25, 0.3) is 0 Å². The molecule has 120 valence electrons. The zero-order valence-electron chi connectivity index (χ0n) is 12.9. The number of ether oxygens (including phenoxy) is 2. The summed E-state index contributed by atoms with van der Waals surface area (Å²) in [4.78, 5) is 24.6. The molecule has 0 bridgehead atoms. The van der Waals surface area contributed by atoms with Crippen LogP contribution in [-0.4, -0.2) is 42.8 Å². The SMILES string of the molecule is CCOC(=O)c1cc([N+](=O)[O-])ccc1N1C[C@@H](C)O[C@H](C)C1. The monoisotopic (exact) mass is 308 g/mol. The molecule has 1 aromatic carbocycles. The van der Waals surface area contributed by atoms with Gasteiger partial charge in [-0.1, -0.05) is 0 Å². The van der Waals surface area contributed by atoms with Gasteiger partial charge in [-0.25, -0.2) is 4.79 Å². The molecule has 7 nitrogen and oxygen atoms in total. The molecule has 0 unspecified atom stereocenters. The van der Waals surface area contributed by atoms with Crippen molar-refractivity contribution in [3.05, 3.63) is 33.9 Å². The van der Waals surface area contributed by atoms with Crippen molar-refractivity contribution >= 4 is 17.3 Å². The Morgan fingerprint density at radius 1 is 1.41 bits per heavy atom. The zero-order chi connectivity index (χ0) is 16.3.